The van der Waals surface area contributed by atoms with Crippen LogP contribution in [0.5, 0.6) is 0 Å². The summed E-state index contributed by atoms with van der Waals surface area (Å²) >= 11 is 0. The first-order chi connectivity index (χ1) is 10.8. The molecule has 1 aromatic heterocycles. The third-order valence-electron chi connectivity index (χ3n) is 5.65. The van der Waals surface area contributed by atoms with E-state index in [1.165, 1.54) is 0 Å². The Morgan fingerprint density at radius 2 is 2.04 bits per heavy atom. The Morgan fingerprint density at radius 3 is 2.57 bits per heavy atom. The largest absolute Gasteiger partial charge is 0.481 e. The average molecular weight is 321 g/mol. The van der Waals surface area contributed by atoms with Crippen molar-refractivity contribution in [2.45, 2.75) is 45.2 Å². The van der Waals surface area contributed by atoms with Crippen LogP contribution in [0.1, 0.15) is 36.3 Å². The highest BCUT2D eigenvalue weighted by Crippen LogP contribution is 2.43. The Kier molecular flexibility index (Phi) is 3.91. The van der Waals surface area contributed by atoms with Gasteiger partial charge in [-0.05, 0) is 26.7 Å². The normalized spacial score (nSPS) is 24.6. The molecule has 0 unspecified atom stereocenters. The van der Waals surface area contributed by atoms with Gasteiger partial charge in [-0.3, -0.25) is 14.5 Å². The van der Waals surface area contributed by atoms with Gasteiger partial charge in [0, 0.05) is 38.7 Å². The third kappa shape index (κ3) is 2.52. The second-order valence-corrected chi connectivity index (χ2v) is 6.73. The standard InChI is InChI=1S/C16H23N3O4/c1-10-12(11(2)23-17-10)9-19-6-4-16(5-7-19)13(15(21)22)8-14(20)18(16)3/h13H,4-9H2,1-3H3,(H,21,22)/t13-/m1/s1. The van der Waals surface area contributed by atoms with Gasteiger partial charge >= 0.3 is 5.97 Å². The molecule has 0 saturated carbocycles. The van der Waals surface area contributed by atoms with E-state index in [1.807, 2.05) is 13.8 Å². The minimum absolute atomic E-state index is 0.0587. The molecule has 0 radical (unpaired) electrons. The van der Waals surface area contributed by atoms with E-state index in [1.54, 1.807) is 11.9 Å². The summed E-state index contributed by atoms with van der Waals surface area (Å²) in [4.78, 5) is 27.6. The van der Waals surface area contributed by atoms with Crippen molar-refractivity contribution in [1.29, 1.82) is 0 Å². The molecule has 3 rings (SSSR count). The molecule has 3 heterocycles. The number of aromatic nitrogens is 1. The number of aryl methyl sites for hydroxylation is 2. The van der Waals surface area contributed by atoms with Gasteiger partial charge in [0.15, 0.2) is 0 Å². The zero-order chi connectivity index (χ0) is 16.8. The van der Waals surface area contributed by atoms with Crippen LogP contribution >= 0.6 is 0 Å². The van der Waals surface area contributed by atoms with Crippen molar-refractivity contribution in [3.05, 3.63) is 17.0 Å². The van der Waals surface area contributed by atoms with E-state index >= 15 is 0 Å². The van der Waals surface area contributed by atoms with Crippen LogP contribution in [0.15, 0.2) is 4.52 Å². The van der Waals surface area contributed by atoms with E-state index < -0.39 is 17.4 Å². The van der Waals surface area contributed by atoms with E-state index in [4.69, 9.17) is 4.52 Å². The fourth-order valence-corrected chi connectivity index (χ4v) is 4.03. The minimum atomic E-state index is -0.859. The molecule has 2 fully saturated rings. The van der Waals surface area contributed by atoms with Crippen LogP contribution in [-0.2, 0) is 16.1 Å². The van der Waals surface area contributed by atoms with Gasteiger partial charge in [0.1, 0.15) is 5.76 Å². The number of hydrogen-bond donors (Lipinski definition) is 1. The summed E-state index contributed by atoms with van der Waals surface area (Å²) < 4.78 is 5.20. The van der Waals surface area contributed by atoms with Gasteiger partial charge in [0.25, 0.3) is 0 Å². The van der Waals surface area contributed by atoms with Crippen LogP contribution in [0.25, 0.3) is 0 Å². The number of amides is 1. The summed E-state index contributed by atoms with van der Waals surface area (Å²) in [6.07, 6.45) is 1.50. The molecule has 1 aromatic rings. The summed E-state index contributed by atoms with van der Waals surface area (Å²) in [6.45, 7) is 6.13. The fraction of sp³-hybridized carbons (Fsp3) is 0.688. The maximum absolute atomic E-state index is 12.0. The molecular formula is C16H23N3O4. The molecule has 7 nitrogen and oxygen atoms in total. The Morgan fingerprint density at radius 1 is 1.39 bits per heavy atom. The average Bonchev–Trinajstić information content (AvgIpc) is 2.95. The fourth-order valence-electron chi connectivity index (χ4n) is 4.03. The Bertz CT molecular complexity index is 612. The number of carbonyl (C=O) groups is 2. The Labute approximate surface area is 135 Å². The van der Waals surface area contributed by atoms with Crippen LogP contribution in [-0.4, -0.2) is 57.6 Å². The maximum Gasteiger partial charge on any atom is 0.309 e. The molecule has 1 atom stereocenters. The zero-order valence-corrected chi connectivity index (χ0v) is 13.8. The topological polar surface area (TPSA) is 86.9 Å². The monoisotopic (exact) mass is 321 g/mol. The van der Waals surface area contributed by atoms with Crippen molar-refractivity contribution < 1.29 is 19.2 Å². The van der Waals surface area contributed by atoms with Crippen molar-refractivity contribution in [2.24, 2.45) is 5.92 Å². The molecule has 0 aromatic carbocycles. The molecule has 7 heteroatoms. The van der Waals surface area contributed by atoms with Crippen LogP contribution in [0.2, 0.25) is 0 Å². The zero-order valence-electron chi connectivity index (χ0n) is 13.8. The van der Waals surface area contributed by atoms with Crippen molar-refractivity contribution in [3.63, 3.8) is 0 Å². The predicted molar refractivity (Wildman–Crippen MR) is 81.7 cm³/mol. The first-order valence-corrected chi connectivity index (χ1v) is 7.99. The lowest BCUT2D eigenvalue weighted by molar-refractivity contribution is -0.146. The first kappa shape index (κ1) is 16.0. The number of piperidine rings is 1. The van der Waals surface area contributed by atoms with E-state index in [0.29, 0.717) is 12.8 Å². The van der Waals surface area contributed by atoms with Crippen LogP contribution in [0.4, 0.5) is 0 Å². The lowest BCUT2D eigenvalue weighted by Crippen LogP contribution is -2.55. The van der Waals surface area contributed by atoms with Crippen LogP contribution in [0.3, 0.4) is 0 Å². The van der Waals surface area contributed by atoms with E-state index in [0.717, 1.165) is 36.7 Å². The molecule has 1 amide bonds. The maximum atomic E-state index is 12.0. The molecule has 2 aliphatic rings. The molecule has 1 spiro atoms. The Balaban J connectivity index is 1.72. The number of hydrogen-bond acceptors (Lipinski definition) is 5. The highest BCUT2D eigenvalue weighted by molar-refractivity contribution is 5.88. The molecule has 0 aliphatic carbocycles. The number of carboxylic acids is 1. The first-order valence-electron chi connectivity index (χ1n) is 7.99. The molecule has 2 aliphatic heterocycles. The molecule has 1 N–H and O–H groups in total. The van der Waals surface area contributed by atoms with Crippen molar-refractivity contribution in [3.8, 4) is 0 Å². The lowest BCUT2D eigenvalue weighted by atomic mass is 9.77. The van der Waals surface area contributed by atoms with Crippen molar-refractivity contribution >= 4 is 11.9 Å². The van der Waals surface area contributed by atoms with E-state index in [9.17, 15) is 14.7 Å². The minimum Gasteiger partial charge on any atom is -0.481 e. The number of rotatable bonds is 3. The molecule has 0 bridgehead atoms. The smallest absolute Gasteiger partial charge is 0.309 e. The van der Waals surface area contributed by atoms with Gasteiger partial charge in [-0.25, -0.2) is 0 Å². The van der Waals surface area contributed by atoms with E-state index in [2.05, 4.69) is 10.1 Å². The number of carboxylic acid groups (broad SMARTS) is 1. The van der Waals surface area contributed by atoms with Crippen molar-refractivity contribution in [1.82, 2.24) is 15.0 Å². The second kappa shape index (κ2) is 5.63. The van der Waals surface area contributed by atoms with Gasteiger partial charge in [-0.15, -0.1) is 0 Å². The van der Waals surface area contributed by atoms with Crippen LogP contribution in [0, 0.1) is 19.8 Å². The molecule has 126 valence electrons. The summed E-state index contributed by atoms with van der Waals surface area (Å²) in [5.74, 6) is -0.681. The van der Waals surface area contributed by atoms with Crippen LogP contribution < -0.4 is 0 Å². The van der Waals surface area contributed by atoms with Gasteiger partial charge in [0.05, 0.1) is 17.2 Å². The van der Waals surface area contributed by atoms with Gasteiger partial charge in [-0.1, -0.05) is 5.16 Å². The lowest BCUT2D eigenvalue weighted by Gasteiger charge is -2.45. The summed E-state index contributed by atoms with van der Waals surface area (Å²) in [5, 5.41) is 13.5. The predicted octanol–water partition coefficient (Wildman–Crippen LogP) is 1.19. The van der Waals surface area contributed by atoms with Crippen molar-refractivity contribution in [2.75, 3.05) is 20.1 Å². The molecule has 2 saturated heterocycles. The highest BCUT2D eigenvalue weighted by atomic mass is 16.5. The second-order valence-electron chi connectivity index (χ2n) is 6.73. The summed E-state index contributed by atoms with van der Waals surface area (Å²) in [7, 11) is 1.75. The number of aliphatic carboxylic acids is 1. The SMILES string of the molecule is Cc1noc(C)c1CN1CCC2(CC1)[C@@H](C(=O)O)CC(=O)N2C. The number of likely N-dealkylation sites (tertiary alicyclic amines) is 2. The summed E-state index contributed by atoms with van der Waals surface area (Å²) in [5.41, 5.74) is 1.48. The number of carbonyl (C=O) groups excluding carboxylic acids is 1. The van der Waals surface area contributed by atoms with Gasteiger partial charge in [0.2, 0.25) is 5.91 Å². The quantitative estimate of drug-likeness (QED) is 0.900. The molecule has 23 heavy (non-hydrogen) atoms. The van der Waals surface area contributed by atoms with E-state index in [-0.39, 0.29) is 12.3 Å². The molecular weight excluding hydrogens is 298 g/mol. The highest BCUT2D eigenvalue weighted by Gasteiger charge is 2.55. The van der Waals surface area contributed by atoms with Gasteiger partial charge < -0.3 is 14.5 Å². The number of nitrogens with zero attached hydrogens (tertiary/aromatic N) is 3. The third-order valence-corrected chi connectivity index (χ3v) is 5.65. The Hall–Kier alpha value is -1.89. The van der Waals surface area contributed by atoms with Gasteiger partial charge in [-0.2, -0.15) is 0 Å². The summed E-state index contributed by atoms with van der Waals surface area (Å²) in [6, 6.07) is 0.